The minimum absolute atomic E-state index is 0.236. The number of amides is 1. The second-order valence-electron chi connectivity index (χ2n) is 7.40. The van der Waals surface area contributed by atoms with Crippen molar-refractivity contribution in [3.8, 4) is 0 Å². The number of fused-ring (bicyclic) bond motifs is 1. The molecule has 1 aromatic carbocycles. The molecule has 1 aliphatic carbocycles. The fourth-order valence-corrected chi connectivity index (χ4v) is 4.58. The Kier molecular flexibility index (Phi) is 5.71. The molecule has 1 unspecified atom stereocenters. The molecule has 1 aromatic rings. The van der Waals surface area contributed by atoms with Gasteiger partial charge in [-0.3, -0.25) is 4.79 Å². The Morgan fingerprint density at radius 3 is 2.83 bits per heavy atom. The number of piperidine rings is 1. The van der Waals surface area contributed by atoms with Crippen molar-refractivity contribution in [2.24, 2.45) is 5.92 Å². The predicted octanol–water partition coefficient (Wildman–Crippen LogP) is 1.89. The molecule has 23 heavy (non-hydrogen) atoms. The third-order valence-electron chi connectivity index (χ3n) is 5.87. The van der Waals surface area contributed by atoms with Crippen LogP contribution in [-0.4, -0.2) is 31.6 Å². The number of rotatable bonds is 5. The third kappa shape index (κ3) is 4.35. The molecule has 2 fully saturated rings. The van der Waals surface area contributed by atoms with Gasteiger partial charge < -0.3 is 10.2 Å². The van der Waals surface area contributed by atoms with Crippen molar-refractivity contribution < 1.29 is 9.69 Å². The van der Waals surface area contributed by atoms with Gasteiger partial charge in [-0.15, -0.1) is 0 Å². The zero-order valence-corrected chi connectivity index (χ0v) is 14.4. The van der Waals surface area contributed by atoms with Gasteiger partial charge in [-0.25, -0.2) is 0 Å². The molecule has 3 heteroatoms. The fourth-order valence-electron chi connectivity index (χ4n) is 4.58. The molecule has 126 valence electrons. The summed E-state index contributed by atoms with van der Waals surface area (Å²) in [5.74, 6) is 1.12. The highest BCUT2D eigenvalue weighted by atomic mass is 16.2. The normalized spacial score (nSPS) is 27.3. The molecule has 1 saturated heterocycles. The second-order valence-corrected chi connectivity index (χ2v) is 7.40. The van der Waals surface area contributed by atoms with E-state index in [1.807, 2.05) is 0 Å². The zero-order valence-electron chi connectivity index (χ0n) is 14.4. The third-order valence-corrected chi connectivity index (χ3v) is 5.87. The largest absolute Gasteiger partial charge is 0.351 e. The van der Waals surface area contributed by atoms with Gasteiger partial charge in [0.25, 0.3) is 5.91 Å². The van der Waals surface area contributed by atoms with Gasteiger partial charge in [0.2, 0.25) is 0 Å². The zero-order chi connectivity index (χ0) is 16.1. The Bertz CT molecular complexity index is 526. The number of quaternary nitrogens is 1. The molecule has 1 amide bonds. The van der Waals surface area contributed by atoms with Crippen LogP contribution in [0.25, 0.3) is 0 Å². The maximum Gasteiger partial charge on any atom is 0.275 e. The number of carbonyl (C=O) groups excluding carboxylic acids is 1. The maximum atomic E-state index is 12.3. The highest BCUT2D eigenvalue weighted by Crippen LogP contribution is 2.28. The maximum absolute atomic E-state index is 12.3. The lowest BCUT2D eigenvalue weighted by molar-refractivity contribution is -0.928. The Balaban J connectivity index is 1.44. The van der Waals surface area contributed by atoms with E-state index in [0.29, 0.717) is 6.54 Å². The summed E-state index contributed by atoms with van der Waals surface area (Å²) in [5, 5.41) is 3.14. The van der Waals surface area contributed by atoms with Crippen LogP contribution in [0.3, 0.4) is 0 Å². The van der Waals surface area contributed by atoms with Gasteiger partial charge in [0, 0.05) is 12.5 Å². The first-order chi connectivity index (χ1) is 11.2. The van der Waals surface area contributed by atoms with E-state index >= 15 is 0 Å². The summed E-state index contributed by atoms with van der Waals surface area (Å²) >= 11 is 0. The molecule has 0 spiro atoms. The van der Waals surface area contributed by atoms with Gasteiger partial charge in [0.15, 0.2) is 6.54 Å². The van der Waals surface area contributed by atoms with Gasteiger partial charge in [-0.05, 0) is 56.6 Å². The minimum atomic E-state index is 0.236. The predicted molar refractivity (Wildman–Crippen MR) is 93.6 cm³/mol. The average Bonchev–Trinajstić information content (AvgIpc) is 2.57. The van der Waals surface area contributed by atoms with E-state index < -0.39 is 0 Å². The lowest BCUT2D eigenvalue weighted by atomic mass is 9.78. The Morgan fingerprint density at radius 2 is 1.96 bits per heavy atom. The molecular formula is C20H31N2O+. The van der Waals surface area contributed by atoms with Crippen molar-refractivity contribution in [3.05, 3.63) is 35.4 Å². The average molecular weight is 315 g/mol. The van der Waals surface area contributed by atoms with Crippen molar-refractivity contribution in [1.29, 1.82) is 0 Å². The van der Waals surface area contributed by atoms with Crippen LogP contribution in [0, 0.1) is 12.8 Å². The van der Waals surface area contributed by atoms with Crippen LogP contribution >= 0.6 is 0 Å². The first-order valence-electron chi connectivity index (χ1n) is 9.40. The van der Waals surface area contributed by atoms with Crippen LogP contribution in [0.1, 0.15) is 49.7 Å². The van der Waals surface area contributed by atoms with E-state index in [2.05, 4.69) is 36.5 Å². The van der Waals surface area contributed by atoms with Crippen LogP contribution in [0.2, 0.25) is 0 Å². The van der Waals surface area contributed by atoms with Crippen molar-refractivity contribution >= 4 is 5.91 Å². The number of hydrogen-bond acceptors (Lipinski definition) is 1. The van der Waals surface area contributed by atoms with Crippen molar-refractivity contribution in [3.63, 3.8) is 0 Å². The van der Waals surface area contributed by atoms with Gasteiger partial charge in [-0.1, -0.05) is 30.7 Å². The molecular weight excluding hydrogens is 284 g/mol. The van der Waals surface area contributed by atoms with Crippen LogP contribution in [-0.2, 0) is 11.2 Å². The van der Waals surface area contributed by atoms with E-state index in [0.717, 1.165) is 24.9 Å². The Hall–Kier alpha value is -1.35. The Labute approximate surface area is 140 Å². The number of hydrogen-bond donors (Lipinski definition) is 2. The lowest BCUT2D eigenvalue weighted by Crippen LogP contribution is -3.18. The van der Waals surface area contributed by atoms with Crippen molar-refractivity contribution in [2.75, 3.05) is 19.6 Å². The Morgan fingerprint density at radius 1 is 1.17 bits per heavy atom. The molecule has 3 rings (SSSR count). The van der Waals surface area contributed by atoms with Gasteiger partial charge in [0.05, 0.1) is 12.6 Å². The summed E-state index contributed by atoms with van der Waals surface area (Å²) in [6, 6.07) is 9.19. The SMILES string of the molecule is Cc1ccccc1CCNC(=O)C[NH+]1CCC[C@@H]2CCCC[C@@H]21. The number of aryl methyl sites for hydroxylation is 1. The fraction of sp³-hybridized carbons (Fsp3) is 0.650. The molecule has 1 aliphatic heterocycles. The first kappa shape index (κ1) is 16.5. The van der Waals surface area contributed by atoms with Crippen LogP contribution in [0.15, 0.2) is 24.3 Å². The monoisotopic (exact) mass is 315 g/mol. The van der Waals surface area contributed by atoms with Gasteiger partial charge in [-0.2, -0.15) is 0 Å². The topological polar surface area (TPSA) is 33.5 Å². The van der Waals surface area contributed by atoms with E-state index in [9.17, 15) is 4.79 Å². The van der Waals surface area contributed by atoms with E-state index in [-0.39, 0.29) is 5.91 Å². The molecule has 0 aromatic heterocycles. The van der Waals surface area contributed by atoms with E-state index in [1.165, 1.54) is 56.2 Å². The highest BCUT2D eigenvalue weighted by molar-refractivity contribution is 5.76. The summed E-state index contributed by atoms with van der Waals surface area (Å²) < 4.78 is 0. The van der Waals surface area contributed by atoms with E-state index in [1.54, 1.807) is 4.90 Å². The van der Waals surface area contributed by atoms with Crippen LogP contribution in [0.4, 0.5) is 0 Å². The molecule has 1 heterocycles. The summed E-state index contributed by atoms with van der Waals surface area (Å²) in [7, 11) is 0. The van der Waals surface area contributed by atoms with Gasteiger partial charge >= 0.3 is 0 Å². The molecule has 0 radical (unpaired) electrons. The minimum Gasteiger partial charge on any atom is -0.351 e. The molecule has 0 bridgehead atoms. The molecule has 2 N–H and O–H groups in total. The molecule has 3 nitrogen and oxygen atoms in total. The highest BCUT2D eigenvalue weighted by Gasteiger charge is 2.37. The number of likely N-dealkylation sites (tertiary alicyclic amines) is 1. The molecule has 3 atom stereocenters. The standard InChI is InChI=1S/C20H30N2O/c1-16-7-2-3-8-17(16)12-13-21-20(23)15-22-14-6-10-18-9-4-5-11-19(18)22/h2-3,7-8,18-19H,4-6,9-15H2,1H3,(H,21,23)/p+1/t18-,19-/m0/s1. The summed E-state index contributed by atoms with van der Waals surface area (Å²) in [6.07, 6.45) is 9.10. The quantitative estimate of drug-likeness (QED) is 0.855. The summed E-state index contributed by atoms with van der Waals surface area (Å²) in [4.78, 5) is 13.9. The summed E-state index contributed by atoms with van der Waals surface area (Å²) in [6.45, 7) is 4.75. The number of carbonyl (C=O) groups is 1. The lowest BCUT2D eigenvalue weighted by Gasteiger charge is -2.40. The number of nitrogens with one attached hydrogen (secondary N) is 2. The second kappa shape index (κ2) is 7.96. The van der Waals surface area contributed by atoms with E-state index in [4.69, 9.17) is 0 Å². The molecule has 1 saturated carbocycles. The molecule has 2 aliphatic rings. The summed E-state index contributed by atoms with van der Waals surface area (Å²) in [5.41, 5.74) is 2.65. The van der Waals surface area contributed by atoms with Crippen LogP contribution in [0.5, 0.6) is 0 Å². The van der Waals surface area contributed by atoms with Crippen LogP contribution < -0.4 is 10.2 Å². The van der Waals surface area contributed by atoms with Crippen molar-refractivity contribution in [2.45, 2.75) is 57.9 Å². The number of benzene rings is 1. The van der Waals surface area contributed by atoms with Gasteiger partial charge in [0.1, 0.15) is 0 Å². The first-order valence-corrected chi connectivity index (χ1v) is 9.40. The van der Waals surface area contributed by atoms with Crippen molar-refractivity contribution in [1.82, 2.24) is 5.32 Å². The smallest absolute Gasteiger partial charge is 0.275 e.